The van der Waals surface area contributed by atoms with Gasteiger partial charge in [-0.2, -0.15) is 0 Å². The molecule has 0 heterocycles. The highest BCUT2D eigenvalue weighted by Gasteiger charge is 2.22. The van der Waals surface area contributed by atoms with E-state index >= 15 is 0 Å². The number of aryl methyl sites for hydroxylation is 2. The van der Waals surface area contributed by atoms with E-state index in [0.717, 1.165) is 29.6 Å². The normalized spacial score (nSPS) is 23.8. The molecule has 1 fully saturated rings. The van der Waals surface area contributed by atoms with Gasteiger partial charge in [-0.25, -0.2) is 0 Å². The minimum atomic E-state index is 0.442. The molecule has 1 aliphatic carbocycles. The summed E-state index contributed by atoms with van der Waals surface area (Å²) >= 11 is 0. The molecule has 0 aromatic heterocycles. The third kappa shape index (κ3) is 3.50. The summed E-state index contributed by atoms with van der Waals surface area (Å²) in [4.78, 5) is 2.49. The second-order valence-electron chi connectivity index (χ2n) is 6.42. The third-order valence-electron chi connectivity index (χ3n) is 4.51. The zero-order valence-corrected chi connectivity index (χ0v) is 12.7. The number of benzene rings is 1. The van der Waals surface area contributed by atoms with Crippen LogP contribution in [-0.4, -0.2) is 23.1 Å². The van der Waals surface area contributed by atoms with Gasteiger partial charge in [-0.3, -0.25) is 4.90 Å². The molecule has 1 aliphatic rings. The average Bonchev–Trinajstić information content (AvgIpc) is 2.36. The Morgan fingerprint density at radius 1 is 1.21 bits per heavy atom. The van der Waals surface area contributed by atoms with Crippen molar-refractivity contribution in [2.45, 2.75) is 59.0 Å². The van der Waals surface area contributed by atoms with Gasteiger partial charge >= 0.3 is 0 Å². The van der Waals surface area contributed by atoms with E-state index in [1.807, 2.05) is 13.8 Å². The Kier molecular flexibility index (Phi) is 4.51. The molecule has 0 aliphatic heterocycles. The molecule has 0 bridgehead atoms. The van der Waals surface area contributed by atoms with Gasteiger partial charge in [0.15, 0.2) is 0 Å². The average molecular weight is 261 g/mol. The van der Waals surface area contributed by atoms with Crippen LogP contribution in [0.3, 0.4) is 0 Å². The van der Waals surface area contributed by atoms with Crippen molar-refractivity contribution in [2.24, 2.45) is 5.92 Å². The minimum Gasteiger partial charge on any atom is -0.507 e. The Balaban J connectivity index is 2.04. The third-order valence-corrected chi connectivity index (χ3v) is 4.51. The van der Waals surface area contributed by atoms with Crippen LogP contribution in [0.25, 0.3) is 0 Å². The second kappa shape index (κ2) is 5.96. The summed E-state index contributed by atoms with van der Waals surface area (Å²) in [6.07, 6.45) is 5.41. The molecule has 1 saturated carbocycles. The summed E-state index contributed by atoms with van der Waals surface area (Å²) in [5.74, 6) is 1.31. The molecule has 2 rings (SSSR count). The number of nitrogens with zero attached hydrogens (tertiary/aromatic N) is 1. The lowest BCUT2D eigenvalue weighted by Crippen LogP contribution is -2.35. The van der Waals surface area contributed by atoms with Crippen LogP contribution in [0.5, 0.6) is 5.75 Å². The lowest BCUT2D eigenvalue weighted by atomic mass is 9.86. The van der Waals surface area contributed by atoms with E-state index in [1.165, 1.54) is 31.2 Å². The SMILES string of the molecule is Cc1cc(CN(C)C2CCCC(C)C2)cc(C)c1O. The maximum absolute atomic E-state index is 9.83. The van der Waals surface area contributed by atoms with Crippen molar-refractivity contribution in [1.29, 1.82) is 0 Å². The maximum Gasteiger partial charge on any atom is 0.121 e. The first-order valence-electron chi connectivity index (χ1n) is 7.46. The molecular weight excluding hydrogens is 234 g/mol. The van der Waals surface area contributed by atoms with Gasteiger partial charge in [0.1, 0.15) is 5.75 Å². The van der Waals surface area contributed by atoms with Gasteiger partial charge in [-0.1, -0.05) is 31.9 Å². The fourth-order valence-corrected chi connectivity index (χ4v) is 3.36. The number of rotatable bonds is 3. The summed E-state index contributed by atoms with van der Waals surface area (Å²) in [6, 6.07) is 4.95. The fourth-order valence-electron chi connectivity index (χ4n) is 3.36. The van der Waals surface area contributed by atoms with Crippen molar-refractivity contribution in [3.8, 4) is 5.75 Å². The van der Waals surface area contributed by atoms with Crippen molar-refractivity contribution in [1.82, 2.24) is 4.90 Å². The van der Waals surface area contributed by atoms with Gasteiger partial charge < -0.3 is 5.11 Å². The van der Waals surface area contributed by atoms with Crippen LogP contribution in [0.2, 0.25) is 0 Å². The van der Waals surface area contributed by atoms with Crippen LogP contribution in [0.4, 0.5) is 0 Å². The summed E-state index contributed by atoms with van der Waals surface area (Å²) in [5.41, 5.74) is 3.29. The molecule has 19 heavy (non-hydrogen) atoms. The summed E-state index contributed by atoms with van der Waals surface area (Å²) < 4.78 is 0. The van der Waals surface area contributed by atoms with Gasteiger partial charge in [0.2, 0.25) is 0 Å². The Morgan fingerprint density at radius 2 is 1.84 bits per heavy atom. The number of hydrogen-bond acceptors (Lipinski definition) is 2. The van der Waals surface area contributed by atoms with E-state index in [4.69, 9.17) is 0 Å². The molecule has 1 aromatic carbocycles. The first kappa shape index (κ1) is 14.4. The lowest BCUT2D eigenvalue weighted by molar-refractivity contribution is 0.157. The first-order chi connectivity index (χ1) is 8.97. The number of phenolic OH excluding ortho intramolecular Hbond substituents is 1. The predicted molar refractivity (Wildman–Crippen MR) is 80.5 cm³/mol. The Labute approximate surface area is 117 Å². The molecular formula is C17H27NO. The van der Waals surface area contributed by atoms with Crippen molar-refractivity contribution in [3.05, 3.63) is 28.8 Å². The zero-order chi connectivity index (χ0) is 14.0. The topological polar surface area (TPSA) is 23.5 Å². The van der Waals surface area contributed by atoms with Crippen molar-refractivity contribution < 1.29 is 5.11 Å². The van der Waals surface area contributed by atoms with E-state index in [0.29, 0.717) is 5.75 Å². The molecule has 2 heteroatoms. The Hall–Kier alpha value is -1.02. The van der Waals surface area contributed by atoms with Crippen molar-refractivity contribution >= 4 is 0 Å². The largest absolute Gasteiger partial charge is 0.507 e. The second-order valence-corrected chi connectivity index (χ2v) is 6.42. The molecule has 0 saturated heterocycles. The summed E-state index contributed by atoms with van der Waals surface area (Å²) in [7, 11) is 2.24. The predicted octanol–water partition coefficient (Wildman–Crippen LogP) is 4.02. The van der Waals surface area contributed by atoms with E-state index in [2.05, 4.69) is 31.0 Å². The van der Waals surface area contributed by atoms with Gasteiger partial charge in [-0.05, 0) is 56.3 Å². The summed E-state index contributed by atoms with van der Waals surface area (Å²) in [5, 5.41) is 9.83. The maximum atomic E-state index is 9.83. The van der Waals surface area contributed by atoms with Gasteiger partial charge in [-0.15, -0.1) is 0 Å². The highest BCUT2D eigenvalue weighted by Crippen LogP contribution is 2.28. The van der Waals surface area contributed by atoms with E-state index in [1.54, 1.807) is 0 Å². The van der Waals surface area contributed by atoms with Gasteiger partial charge in [0, 0.05) is 12.6 Å². The molecule has 0 amide bonds. The Morgan fingerprint density at radius 3 is 2.42 bits per heavy atom. The van der Waals surface area contributed by atoms with Crippen LogP contribution in [0, 0.1) is 19.8 Å². The van der Waals surface area contributed by atoms with Crippen molar-refractivity contribution in [2.75, 3.05) is 7.05 Å². The lowest BCUT2D eigenvalue weighted by Gasteiger charge is -2.34. The van der Waals surface area contributed by atoms with Crippen LogP contribution in [0.15, 0.2) is 12.1 Å². The molecule has 1 N–H and O–H groups in total. The first-order valence-corrected chi connectivity index (χ1v) is 7.46. The highest BCUT2D eigenvalue weighted by atomic mass is 16.3. The molecule has 2 unspecified atom stereocenters. The number of phenols is 1. The van der Waals surface area contributed by atoms with E-state index in [-0.39, 0.29) is 0 Å². The zero-order valence-electron chi connectivity index (χ0n) is 12.7. The molecule has 106 valence electrons. The van der Waals surface area contributed by atoms with Crippen LogP contribution in [-0.2, 0) is 6.54 Å². The molecule has 2 atom stereocenters. The molecule has 1 aromatic rings. The monoisotopic (exact) mass is 261 g/mol. The van der Waals surface area contributed by atoms with Gasteiger partial charge in [0.05, 0.1) is 0 Å². The molecule has 2 nitrogen and oxygen atoms in total. The van der Waals surface area contributed by atoms with Crippen LogP contribution >= 0.6 is 0 Å². The van der Waals surface area contributed by atoms with E-state index < -0.39 is 0 Å². The number of aromatic hydroxyl groups is 1. The fraction of sp³-hybridized carbons (Fsp3) is 0.647. The van der Waals surface area contributed by atoms with Gasteiger partial charge in [0.25, 0.3) is 0 Å². The standard InChI is InChI=1S/C17H27NO/c1-12-6-5-7-16(8-12)18(4)11-15-9-13(2)17(19)14(3)10-15/h9-10,12,16,19H,5-8,11H2,1-4H3. The van der Waals surface area contributed by atoms with Crippen LogP contribution < -0.4 is 0 Å². The minimum absolute atomic E-state index is 0.442. The summed E-state index contributed by atoms with van der Waals surface area (Å²) in [6.45, 7) is 7.32. The number of hydrogen-bond donors (Lipinski definition) is 1. The highest BCUT2D eigenvalue weighted by molar-refractivity contribution is 5.42. The smallest absolute Gasteiger partial charge is 0.121 e. The Bertz CT molecular complexity index is 418. The van der Waals surface area contributed by atoms with E-state index in [9.17, 15) is 5.11 Å². The van der Waals surface area contributed by atoms with Crippen LogP contribution in [0.1, 0.15) is 49.3 Å². The molecule has 0 radical (unpaired) electrons. The van der Waals surface area contributed by atoms with Crippen molar-refractivity contribution in [3.63, 3.8) is 0 Å². The quantitative estimate of drug-likeness (QED) is 0.888. The molecule has 0 spiro atoms.